The molecule has 1 saturated heterocycles. The molecule has 0 N–H and O–H groups in total. The summed E-state index contributed by atoms with van der Waals surface area (Å²) >= 11 is 0. The molecule has 5 heteroatoms. The van der Waals surface area contributed by atoms with Crippen molar-refractivity contribution in [1.82, 2.24) is 14.5 Å². The van der Waals surface area contributed by atoms with Crippen molar-refractivity contribution in [2.75, 3.05) is 18.0 Å². The number of fused-ring (bicyclic) bond motifs is 1. The van der Waals surface area contributed by atoms with Crippen LogP contribution in [0.3, 0.4) is 0 Å². The van der Waals surface area contributed by atoms with Gasteiger partial charge in [-0.3, -0.25) is 0 Å². The molecule has 4 heterocycles. The molecule has 1 aromatic carbocycles. The summed E-state index contributed by atoms with van der Waals surface area (Å²) in [6.45, 7) is 5.12. The zero-order chi connectivity index (χ0) is 18.4. The first-order valence-corrected chi connectivity index (χ1v) is 9.38. The van der Waals surface area contributed by atoms with Crippen LogP contribution in [0.5, 0.6) is 0 Å². The summed E-state index contributed by atoms with van der Waals surface area (Å²) in [6.07, 6.45) is 5.84. The highest BCUT2D eigenvalue weighted by molar-refractivity contribution is 5.60. The number of benzene rings is 1. The third kappa shape index (κ3) is 2.69. The second-order valence-corrected chi connectivity index (χ2v) is 7.88. The first-order chi connectivity index (χ1) is 13.2. The van der Waals surface area contributed by atoms with E-state index in [4.69, 9.17) is 10.2 Å². The van der Waals surface area contributed by atoms with Gasteiger partial charge in [0.05, 0.1) is 17.5 Å². The van der Waals surface area contributed by atoms with E-state index in [9.17, 15) is 0 Å². The number of hydrogen-bond donors (Lipinski definition) is 0. The number of imidazole rings is 1. The van der Waals surface area contributed by atoms with E-state index in [-0.39, 0.29) is 5.41 Å². The summed E-state index contributed by atoms with van der Waals surface area (Å²) < 4.78 is 2.40. The molecule has 5 nitrogen and oxygen atoms in total. The van der Waals surface area contributed by atoms with Crippen molar-refractivity contribution in [3.05, 3.63) is 65.7 Å². The number of aryl methyl sites for hydroxylation is 1. The molecule has 0 amide bonds. The zero-order valence-electron chi connectivity index (χ0n) is 15.4. The van der Waals surface area contributed by atoms with Crippen LogP contribution in [0.1, 0.15) is 23.4 Å². The minimum Gasteiger partial charge on any atom is -0.356 e. The van der Waals surface area contributed by atoms with Gasteiger partial charge in [-0.2, -0.15) is 5.26 Å². The maximum absolute atomic E-state index is 8.96. The average Bonchev–Trinajstić information content (AvgIpc) is 3.38. The number of nitrogens with zero attached hydrogens (tertiary/aromatic N) is 5. The molecule has 2 aliphatic heterocycles. The Labute approximate surface area is 158 Å². The molecule has 1 spiro atoms. The summed E-state index contributed by atoms with van der Waals surface area (Å²) in [6, 6.07) is 14.6. The lowest BCUT2D eigenvalue weighted by atomic mass is 9.86. The van der Waals surface area contributed by atoms with E-state index in [2.05, 4.69) is 51.7 Å². The molecule has 2 aromatic heterocycles. The van der Waals surface area contributed by atoms with Gasteiger partial charge < -0.3 is 9.47 Å². The van der Waals surface area contributed by atoms with Crippen LogP contribution in [-0.2, 0) is 13.0 Å². The van der Waals surface area contributed by atoms with E-state index in [1.165, 1.54) is 22.6 Å². The number of rotatable bonds is 2. The van der Waals surface area contributed by atoms with Crippen LogP contribution in [0.25, 0.3) is 11.3 Å². The van der Waals surface area contributed by atoms with Gasteiger partial charge in [0, 0.05) is 37.7 Å². The molecule has 134 valence electrons. The third-order valence-corrected chi connectivity index (χ3v) is 5.95. The summed E-state index contributed by atoms with van der Waals surface area (Å²) in [4.78, 5) is 11.6. The van der Waals surface area contributed by atoms with Gasteiger partial charge in [0.1, 0.15) is 17.7 Å². The maximum atomic E-state index is 8.96. The minimum absolute atomic E-state index is 0.235. The van der Waals surface area contributed by atoms with Crippen LogP contribution in [0, 0.1) is 23.7 Å². The van der Waals surface area contributed by atoms with Crippen molar-refractivity contribution >= 4 is 5.82 Å². The number of nitriles is 1. The highest BCUT2D eigenvalue weighted by Gasteiger charge is 2.44. The molecule has 27 heavy (non-hydrogen) atoms. The standard InChI is InChI=1S/C22H21N5/c1-16-2-5-18(6-3-16)19-13-25-21-10-22(15-27(19)21)8-9-26(14-22)20-7-4-17(11-23)12-24-20/h2-7,12-13H,8-10,14-15H2,1H3. The molecule has 0 aliphatic carbocycles. The van der Waals surface area contributed by atoms with Gasteiger partial charge in [-0.15, -0.1) is 0 Å². The zero-order valence-corrected chi connectivity index (χ0v) is 15.4. The lowest BCUT2D eigenvalue weighted by Gasteiger charge is -2.24. The fraction of sp³-hybridized carbons (Fsp3) is 0.318. The summed E-state index contributed by atoms with van der Waals surface area (Å²) in [5, 5.41) is 8.96. The van der Waals surface area contributed by atoms with Crippen LogP contribution < -0.4 is 4.90 Å². The van der Waals surface area contributed by atoms with Crippen molar-refractivity contribution in [1.29, 1.82) is 5.26 Å². The summed E-state index contributed by atoms with van der Waals surface area (Å²) in [7, 11) is 0. The molecule has 1 fully saturated rings. The molecule has 5 rings (SSSR count). The van der Waals surface area contributed by atoms with E-state index in [0.29, 0.717) is 5.56 Å². The number of anilines is 1. The predicted molar refractivity (Wildman–Crippen MR) is 104 cm³/mol. The van der Waals surface area contributed by atoms with E-state index < -0.39 is 0 Å². The second kappa shape index (κ2) is 5.95. The average molecular weight is 355 g/mol. The molecular formula is C22H21N5. The Balaban J connectivity index is 1.38. The predicted octanol–water partition coefficient (Wildman–Crippen LogP) is 3.58. The highest BCUT2D eigenvalue weighted by Crippen LogP contribution is 2.43. The maximum Gasteiger partial charge on any atom is 0.128 e. The Kier molecular flexibility index (Phi) is 3.54. The monoisotopic (exact) mass is 355 g/mol. The molecule has 0 bridgehead atoms. The molecule has 3 aromatic rings. The first-order valence-electron chi connectivity index (χ1n) is 9.38. The Morgan fingerprint density at radius 3 is 2.63 bits per heavy atom. The largest absolute Gasteiger partial charge is 0.356 e. The number of hydrogen-bond acceptors (Lipinski definition) is 4. The molecule has 1 atom stereocenters. The Bertz CT molecular complexity index is 1030. The molecule has 0 radical (unpaired) electrons. The Morgan fingerprint density at radius 1 is 1.04 bits per heavy atom. The topological polar surface area (TPSA) is 57.7 Å². The lowest BCUT2D eigenvalue weighted by molar-refractivity contribution is 0.321. The Hall–Kier alpha value is -3.13. The van der Waals surface area contributed by atoms with E-state index >= 15 is 0 Å². The van der Waals surface area contributed by atoms with Crippen LogP contribution in [0.15, 0.2) is 48.8 Å². The van der Waals surface area contributed by atoms with Gasteiger partial charge in [0.15, 0.2) is 0 Å². The Morgan fingerprint density at radius 2 is 1.89 bits per heavy atom. The first kappa shape index (κ1) is 16.1. The molecular weight excluding hydrogens is 334 g/mol. The van der Waals surface area contributed by atoms with Gasteiger partial charge in [-0.1, -0.05) is 29.8 Å². The van der Waals surface area contributed by atoms with Gasteiger partial charge in [0.25, 0.3) is 0 Å². The van der Waals surface area contributed by atoms with Gasteiger partial charge in [-0.05, 0) is 31.0 Å². The van der Waals surface area contributed by atoms with Crippen molar-refractivity contribution in [3.8, 4) is 17.3 Å². The quantitative estimate of drug-likeness (QED) is 0.705. The third-order valence-electron chi connectivity index (χ3n) is 5.95. The highest BCUT2D eigenvalue weighted by atomic mass is 15.2. The summed E-state index contributed by atoms with van der Waals surface area (Å²) in [5.74, 6) is 2.16. The fourth-order valence-corrected chi connectivity index (χ4v) is 4.46. The number of aromatic nitrogens is 3. The van der Waals surface area contributed by atoms with E-state index in [1.54, 1.807) is 6.20 Å². The lowest BCUT2D eigenvalue weighted by Crippen LogP contribution is -2.29. The van der Waals surface area contributed by atoms with Crippen molar-refractivity contribution in [2.45, 2.75) is 26.3 Å². The van der Waals surface area contributed by atoms with Crippen molar-refractivity contribution in [3.63, 3.8) is 0 Å². The minimum atomic E-state index is 0.235. The fourth-order valence-electron chi connectivity index (χ4n) is 4.46. The molecule has 2 aliphatic rings. The molecule has 0 saturated carbocycles. The molecule has 1 unspecified atom stereocenters. The van der Waals surface area contributed by atoms with Crippen LogP contribution >= 0.6 is 0 Å². The SMILES string of the molecule is Cc1ccc(-c2cnc3n2CC2(CCN(c4ccc(C#N)cn4)C2)C3)cc1. The normalized spacial score (nSPS) is 20.8. The van der Waals surface area contributed by atoms with Crippen LogP contribution in [0.2, 0.25) is 0 Å². The van der Waals surface area contributed by atoms with E-state index in [0.717, 1.165) is 38.3 Å². The van der Waals surface area contributed by atoms with Crippen molar-refractivity contribution < 1.29 is 0 Å². The number of pyridine rings is 1. The van der Waals surface area contributed by atoms with Gasteiger partial charge in [-0.25, -0.2) is 9.97 Å². The van der Waals surface area contributed by atoms with Gasteiger partial charge in [0.2, 0.25) is 0 Å². The smallest absolute Gasteiger partial charge is 0.128 e. The van der Waals surface area contributed by atoms with Crippen LogP contribution in [0.4, 0.5) is 5.82 Å². The van der Waals surface area contributed by atoms with Crippen LogP contribution in [-0.4, -0.2) is 27.6 Å². The second-order valence-electron chi connectivity index (χ2n) is 7.88. The van der Waals surface area contributed by atoms with Gasteiger partial charge >= 0.3 is 0 Å². The van der Waals surface area contributed by atoms with E-state index in [1.807, 2.05) is 18.3 Å². The summed E-state index contributed by atoms with van der Waals surface area (Å²) in [5.41, 5.74) is 4.57. The van der Waals surface area contributed by atoms with Crippen molar-refractivity contribution in [2.24, 2.45) is 5.41 Å².